The molecule has 168 valence electrons. The first-order valence-electron chi connectivity index (χ1n) is 10.6. The summed E-state index contributed by atoms with van der Waals surface area (Å²) < 4.78 is 45.2. The van der Waals surface area contributed by atoms with Gasteiger partial charge in [0.25, 0.3) is 0 Å². The first-order valence-corrected chi connectivity index (χ1v) is 15.1. The van der Waals surface area contributed by atoms with E-state index in [2.05, 4.69) is 33.9 Å². The lowest BCUT2D eigenvalue weighted by atomic mass is 9.96. The Morgan fingerprint density at radius 2 is 1.83 bits per heavy atom. The van der Waals surface area contributed by atoms with Gasteiger partial charge in [0, 0.05) is 13.3 Å². The van der Waals surface area contributed by atoms with Crippen LogP contribution in [0.1, 0.15) is 53.4 Å². The second-order valence-corrected chi connectivity index (χ2v) is 16.9. The Morgan fingerprint density at radius 1 is 1.20 bits per heavy atom. The zero-order chi connectivity index (χ0) is 22.4. The molecule has 3 rings (SSSR count). The fourth-order valence-electron chi connectivity index (χ4n) is 4.17. The minimum Gasteiger partial charge on any atom is -0.434 e. The first kappa shape index (κ1) is 23.4. The van der Waals surface area contributed by atoms with Crippen LogP contribution < -0.4 is 0 Å². The summed E-state index contributed by atoms with van der Waals surface area (Å²) in [5.74, 6) is -0.551. The van der Waals surface area contributed by atoms with Crippen molar-refractivity contribution in [3.8, 4) is 0 Å². The SMILES string of the molecule is CC(=O)O[C@H]1O[C@]2(CCC[C@@H]2O[Si](C)(C)C(C)(C)C)C[C@H]1S(=O)(=O)c1ccccc1. The van der Waals surface area contributed by atoms with Gasteiger partial charge in [-0.3, -0.25) is 4.79 Å². The number of carbonyl (C=O) groups excluding carboxylic acids is 1. The van der Waals surface area contributed by atoms with Crippen molar-refractivity contribution < 1.29 is 27.1 Å². The quantitative estimate of drug-likeness (QED) is 0.483. The van der Waals surface area contributed by atoms with Crippen LogP contribution >= 0.6 is 0 Å². The third-order valence-electron chi connectivity index (χ3n) is 6.85. The van der Waals surface area contributed by atoms with Gasteiger partial charge in [-0.1, -0.05) is 39.0 Å². The molecule has 1 aliphatic carbocycles. The van der Waals surface area contributed by atoms with Crippen LogP contribution in [-0.4, -0.2) is 45.9 Å². The zero-order valence-corrected chi connectivity index (χ0v) is 20.6. The van der Waals surface area contributed by atoms with E-state index >= 15 is 0 Å². The molecule has 1 saturated heterocycles. The highest BCUT2D eigenvalue weighted by molar-refractivity contribution is 7.92. The average Bonchev–Trinajstić information content (AvgIpc) is 3.18. The van der Waals surface area contributed by atoms with E-state index in [-0.39, 0.29) is 22.5 Å². The lowest BCUT2D eigenvalue weighted by Gasteiger charge is -2.42. The van der Waals surface area contributed by atoms with E-state index < -0.39 is 41.3 Å². The molecule has 0 aromatic heterocycles. The number of esters is 1. The van der Waals surface area contributed by atoms with Crippen molar-refractivity contribution in [3.63, 3.8) is 0 Å². The van der Waals surface area contributed by atoms with Crippen molar-refractivity contribution in [2.75, 3.05) is 0 Å². The lowest BCUT2D eigenvalue weighted by Crippen LogP contribution is -2.50. The van der Waals surface area contributed by atoms with Crippen molar-refractivity contribution in [2.24, 2.45) is 0 Å². The number of carbonyl (C=O) groups is 1. The van der Waals surface area contributed by atoms with E-state index in [0.717, 1.165) is 12.8 Å². The summed E-state index contributed by atoms with van der Waals surface area (Å²) in [5.41, 5.74) is -0.748. The fourth-order valence-corrected chi connectivity index (χ4v) is 7.36. The summed E-state index contributed by atoms with van der Waals surface area (Å²) in [6.45, 7) is 12.2. The van der Waals surface area contributed by atoms with Crippen LogP contribution in [0.15, 0.2) is 35.2 Å². The number of rotatable bonds is 5. The Balaban J connectivity index is 1.94. The molecule has 0 unspecified atom stereocenters. The molecule has 6 nitrogen and oxygen atoms in total. The van der Waals surface area contributed by atoms with Gasteiger partial charge in [-0.05, 0) is 49.5 Å². The smallest absolute Gasteiger partial charge is 0.304 e. The third kappa shape index (κ3) is 4.37. The van der Waals surface area contributed by atoms with E-state index in [1.807, 2.05) is 0 Å². The maximum Gasteiger partial charge on any atom is 0.304 e. The van der Waals surface area contributed by atoms with Crippen LogP contribution in [0.2, 0.25) is 18.1 Å². The van der Waals surface area contributed by atoms with Gasteiger partial charge in [-0.2, -0.15) is 0 Å². The normalized spacial score (nSPS) is 30.0. The number of benzene rings is 1. The maximum atomic E-state index is 13.4. The topological polar surface area (TPSA) is 78.9 Å². The Labute approximate surface area is 181 Å². The van der Waals surface area contributed by atoms with Gasteiger partial charge in [-0.15, -0.1) is 0 Å². The van der Waals surface area contributed by atoms with E-state index in [4.69, 9.17) is 13.9 Å². The molecular formula is C22H34O6SSi. The molecule has 0 amide bonds. The molecule has 1 heterocycles. The number of sulfone groups is 1. The molecule has 2 aliphatic rings. The van der Waals surface area contributed by atoms with Gasteiger partial charge in [0.15, 0.2) is 18.2 Å². The van der Waals surface area contributed by atoms with Crippen molar-refractivity contribution in [1.29, 1.82) is 0 Å². The van der Waals surface area contributed by atoms with Crippen LogP contribution in [-0.2, 0) is 28.5 Å². The molecule has 2 fully saturated rings. The minimum atomic E-state index is -3.74. The van der Waals surface area contributed by atoms with Gasteiger partial charge in [-0.25, -0.2) is 8.42 Å². The van der Waals surface area contributed by atoms with Gasteiger partial charge >= 0.3 is 5.97 Å². The van der Waals surface area contributed by atoms with Gasteiger partial charge < -0.3 is 13.9 Å². The monoisotopic (exact) mass is 454 g/mol. The van der Waals surface area contributed by atoms with Crippen molar-refractivity contribution in [1.82, 2.24) is 0 Å². The molecule has 4 atom stereocenters. The number of hydrogen-bond acceptors (Lipinski definition) is 6. The van der Waals surface area contributed by atoms with Crippen molar-refractivity contribution >= 4 is 24.1 Å². The van der Waals surface area contributed by atoms with Gasteiger partial charge in [0.2, 0.25) is 6.29 Å². The number of hydrogen-bond donors (Lipinski definition) is 0. The lowest BCUT2D eigenvalue weighted by molar-refractivity contribution is -0.195. The molecule has 1 aliphatic heterocycles. The molecule has 0 bridgehead atoms. The molecule has 1 saturated carbocycles. The van der Waals surface area contributed by atoms with E-state index in [9.17, 15) is 13.2 Å². The molecule has 0 radical (unpaired) electrons. The zero-order valence-electron chi connectivity index (χ0n) is 18.8. The predicted molar refractivity (Wildman–Crippen MR) is 117 cm³/mol. The van der Waals surface area contributed by atoms with Crippen LogP contribution in [0, 0.1) is 0 Å². The Bertz CT molecular complexity index is 877. The highest BCUT2D eigenvalue weighted by Crippen LogP contribution is 2.50. The Kier molecular flexibility index (Phi) is 6.28. The van der Waals surface area contributed by atoms with Gasteiger partial charge in [0.1, 0.15) is 5.25 Å². The van der Waals surface area contributed by atoms with Gasteiger partial charge in [0.05, 0.1) is 16.6 Å². The fraction of sp³-hybridized carbons (Fsp3) is 0.682. The summed E-state index contributed by atoms with van der Waals surface area (Å²) in [6, 6.07) is 8.30. The molecule has 1 spiro atoms. The minimum absolute atomic E-state index is 0.0280. The second-order valence-electron chi connectivity index (χ2n) is 10.0. The number of ether oxygens (including phenoxy) is 2. The highest BCUT2D eigenvalue weighted by Gasteiger charge is 2.60. The first-order chi connectivity index (χ1) is 13.8. The summed E-state index contributed by atoms with van der Waals surface area (Å²) in [4.78, 5) is 11.9. The molecule has 0 N–H and O–H groups in total. The average molecular weight is 455 g/mol. The third-order valence-corrected chi connectivity index (χ3v) is 13.5. The van der Waals surface area contributed by atoms with Crippen LogP contribution in [0.25, 0.3) is 0 Å². The van der Waals surface area contributed by atoms with Crippen molar-refractivity contribution in [2.45, 2.75) is 99.7 Å². The molecule has 1 aromatic rings. The molecule has 30 heavy (non-hydrogen) atoms. The Morgan fingerprint density at radius 3 is 2.40 bits per heavy atom. The predicted octanol–water partition coefficient (Wildman–Crippen LogP) is 4.45. The van der Waals surface area contributed by atoms with Crippen LogP contribution in [0.4, 0.5) is 0 Å². The van der Waals surface area contributed by atoms with E-state index in [1.165, 1.54) is 6.92 Å². The largest absolute Gasteiger partial charge is 0.434 e. The summed E-state index contributed by atoms with van der Waals surface area (Å²) in [7, 11) is -5.83. The van der Waals surface area contributed by atoms with Crippen molar-refractivity contribution in [3.05, 3.63) is 30.3 Å². The molecular weight excluding hydrogens is 420 g/mol. The summed E-state index contributed by atoms with van der Waals surface area (Å²) in [6.07, 6.45) is 1.34. The highest BCUT2D eigenvalue weighted by atomic mass is 32.2. The second kappa shape index (κ2) is 8.04. The Hall–Kier alpha value is -1.22. The van der Waals surface area contributed by atoms with E-state index in [1.54, 1.807) is 30.3 Å². The molecule has 8 heteroatoms. The molecule has 1 aromatic carbocycles. The summed E-state index contributed by atoms with van der Waals surface area (Å²) >= 11 is 0. The summed E-state index contributed by atoms with van der Waals surface area (Å²) in [5, 5.41) is -0.924. The van der Waals surface area contributed by atoms with Crippen LogP contribution in [0.3, 0.4) is 0 Å². The van der Waals surface area contributed by atoms with E-state index in [0.29, 0.717) is 6.42 Å². The maximum absolute atomic E-state index is 13.4. The van der Waals surface area contributed by atoms with Crippen LogP contribution in [0.5, 0.6) is 0 Å². The standard InChI is InChI=1S/C22H34O6SSi/c1-16(23)26-20-18(29(24,25)17-11-8-7-9-12-17)15-22(27-20)14-10-13-19(22)28-30(5,6)21(2,3)4/h7-9,11-12,18-20H,10,13-15H2,1-6H3/t18-,19+,20+,22-/m1/s1.